The molecule has 0 radical (unpaired) electrons. The van der Waals surface area contributed by atoms with Crippen LogP contribution >= 0.6 is 22.6 Å². The average molecular weight is 697 g/mol. The minimum absolute atomic E-state index is 0.126. The van der Waals surface area contributed by atoms with E-state index in [1.54, 1.807) is 0 Å². The van der Waals surface area contributed by atoms with Crippen molar-refractivity contribution in [3.63, 3.8) is 0 Å². The summed E-state index contributed by atoms with van der Waals surface area (Å²) in [4.78, 5) is 19.5. The van der Waals surface area contributed by atoms with Crippen LogP contribution in [0.4, 0.5) is 10.5 Å². The Kier molecular flexibility index (Phi) is 10.8. The molecule has 2 heterocycles. The number of fused-ring (bicyclic) bond motifs is 1. The summed E-state index contributed by atoms with van der Waals surface area (Å²) >= 11 is 2.33. The number of rotatable bonds is 12. The van der Waals surface area contributed by atoms with Gasteiger partial charge in [-0.3, -0.25) is 0 Å². The summed E-state index contributed by atoms with van der Waals surface area (Å²) in [6, 6.07) is 20.8. The van der Waals surface area contributed by atoms with Crippen molar-refractivity contribution in [3.8, 4) is 28.7 Å². The molecule has 0 bridgehead atoms. The van der Waals surface area contributed by atoms with Gasteiger partial charge in [-0.1, -0.05) is 49.8 Å². The van der Waals surface area contributed by atoms with Gasteiger partial charge in [-0.15, -0.1) is 0 Å². The quantitative estimate of drug-likeness (QED) is 0.114. The number of halogens is 1. The van der Waals surface area contributed by atoms with Crippen LogP contribution in [0.5, 0.6) is 17.2 Å². The highest BCUT2D eigenvalue weighted by atomic mass is 127. The lowest BCUT2D eigenvalue weighted by Gasteiger charge is -2.32. The maximum atomic E-state index is 12.3. The zero-order valence-corrected chi connectivity index (χ0v) is 27.3. The molecule has 0 aliphatic carbocycles. The number of carbonyl (C=O) groups is 1. The molecule has 228 valence electrons. The van der Waals surface area contributed by atoms with Gasteiger partial charge in [0.1, 0.15) is 28.9 Å². The third kappa shape index (κ3) is 8.63. The lowest BCUT2D eigenvalue weighted by atomic mass is 10.1. The number of hydrogen-bond donors (Lipinski definition) is 2. The van der Waals surface area contributed by atoms with E-state index in [4.69, 9.17) is 13.9 Å². The van der Waals surface area contributed by atoms with E-state index in [1.807, 2.05) is 66.7 Å². The molecular weight excluding hydrogens is 655 g/mol. The van der Waals surface area contributed by atoms with E-state index in [-0.39, 0.29) is 18.2 Å². The molecule has 43 heavy (non-hydrogen) atoms. The number of alkyl halides is 1. The summed E-state index contributed by atoms with van der Waals surface area (Å²) in [5, 5.41) is 5.90. The third-order valence-electron chi connectivity index (χ3n) is 7.79. The largest absolute Gasteiger partial charge is 0.490 e. The summed E-state index contributed by atoms with van der Waals surface area (Å²) in [6.07, 6.45) is 5.71. The van der Waals surface area contributed by atoms with Crippen molar-refractivity contribution in [2.75, 3.05) is 25.0 Å². The lowest BCUT2D eigenvalue weighted by molar-refractivity contribution is 0.0999. The second kappa shape index (κ2) is 14.9. The number of anilines is 1. The minimum atomic E-state index is -0.207. The summed E-state index contributed by atoms with van der Waals surface area (Å²) in [5.41, 5.74) is 3.08. The molecule has 4 aromatic rings. The summed E-state index contributed by atoms with van der Waals surface area (Å²) in [6.45, 7) is 9.77. The van der Waals surface area contributed by atoms with Crippen LogP contribution < -0.4 is 20.1 Å². The predicted molar refractivity (Wildman–Crippen MR) is 181 cm³/mol. The molecule has 8 nitrogen and oxygen atoms in total. The van der Waals surface area contributed by atoms with Crippen LogP contribution in [0.15, 0.2) is 71.1 Å². The van der Waals surface area contributed by atoms with Gasteiger partial charge >= 0.3 is 6.03 Å². The summed E-state index contributed by atoms with van der Waals surface area (Å²) < 4.78 is 18.8. The van der Waals surface area contributed by atoms with Gasteiger partial charge in [-0.05, 0) is 92.9 Å². The van der Waals surface area contributed by atoms with E-state index in [9.17, 15) is 4.79 Å². The predicted octanol–water partition coefficient (Wildman–Crippen LogP) is 8.65. The molecule has 2 N–H and O–H groups in total. The van der Waals surface area contributed by atoms with Crippen molar-refractivity contribution >= 4 is 45.4 Å². The fourth-order valence-corrected chi connectivity index (χ4v) is 5.90. The average Bonchev–Trinajstić information content (AvgIpc) is 3.44. The van der Waals surface area contributed by atoms with Crippen LogP contribution in [0.2, 0.25) is 0 Å². The van der Waals surface area contributed by atoms with Crippen molar-refractivity contribution < 1.29 is 18.7 Å². The fraction of sp³-hybridized carbons (Fsp3) is 0.412. The van der Waals surface area contributed by atoms with Gasteiger partial charge in [-0.2, -0.15) is 0 Å². The van der Waals surface area contributed by atoms with Crippen LogP contribution in [0, 0.1) is 0 Å². The van der Waals surface area contributed by atoms with Crippen molar-refractivity contribution in [3.05, 3.63) is 66.7 Å². The van der Waals surface area contributed by atoms with Crippen molar-refractivity contribution in [1.29, 1.82) is 0 Å². The van der Waals surface area contributed by atoms with Crippen LogP contribution in [0.25, 0.3) is 22.6 Å². The van der Waals surface area contributed by atoms with Crippen LogP contribution in [-0.4, -0.2) is 51.6 Å². The molecule has 9 heteroatoms. The van der Waals surface area contributed by atoms with Gasteiger partial charge in [0.2, 0.25) is 5.89 Å². The molecule has 2 amide bonds. The number of benzene rings is 3. The Morgan fingerprint density at radius 2 is 1.70 bits per heavy atom. The van der Waals surface area contributed by atoms with E-state index < -0.39 is 0 Å². The second-order valence-electron chi connectivity index (χ2n) is 11.1. The minimum Gasteiger partial charge on any atom is -0.490 e. The van der Waals surface area contributed by atoms with Gasteiger partial charge in [0.15, 0.2) is 5.58 Å². The van der Waals surface area contributed by atoms with Crippen molar-refractivity contribution in [1.82, 2.24) is 15.2 Å². The highest BCUT2D eigenvalue weighted by Crippen LogP contribution is 2.31. The standard InChI is InChI=1S/C34H41IN4O4/c1-4-6-19-39-20-17-28(18-21-39)42-29-15-16-31-32(22-29)43-33(37-31)24-7-11-26(12-8-24)41-27-13-9-25(10-14-27)36-34(40)38-30(5-2)23(3)35/h7-16,22-23,28,30H,4-6,17-21H2,1-3H3,(H2,36,38,40). The number of hydrogen-bond acceptors (Lipinski definition) is 6. The fourth-order valence-electron chi connectivity index (χ4n) is 5.21. The maximum Gasteiger partial charge on any atom is 0.319 e. The number of piperidine rings is 1. The number of urea groups is 1. The van der Waals surface area contributed by atoms with Crippen LogP contribution in [0.1, 0.15) is 52.9 Å². The van der Waals surface area contributed by atoms with Crippen LogP contribution in [-0.2, 0) is 0 Å². The topological polar surface area (TPSA) is 88.9 Å². The first-order chi connectivity index (χ1) is 20.9. The van der Waals surface area contributed by atoms with Gasteiger partial charge in [-0.25, -0.2) is 9.78 Å². The maximum absolute atomic E-state index is 12.3. The molecule has 2 unspecified atom stereocenters. The van der Waals surface area contributed by atoms with Gasteiger partial charge in [0, 0.05) is 40.4 Å². The van der Waals surface area contributed by atoms with Crippen LogP contribution in [0.3, 0.4) is 0 Å². The Morgan fingerprint density at radius 1 is 1.02 bits per heavy atom. The zero-order chi connectivity index (χ0) is 30.2. The highest BCUT2D eigenvalue weighted by molar-refractivity contribution is 14.1. The molecule has 1 aliphatic rings. The Hall–Kier alpha value is -3.31. The normalized spacial score (nSPS) is 15.6. The van der Waals surface area contributed by atoms with Gasteiger partial charge < -0.3 is 29.4 Å². The monoisotopic (exact) mass is 696 g/mol. The SMILES string of the molecule is CCCCN1CCC(Oc2ccc3nc(-c4ccc(Oc5ccc(NC(=O)NC(CC)C(C)I)cc5)cc4)oc3c2)CC1. The number of carbonyl (C=O) groups excluding carboxylic acids is 1. The number of unbranched alkanes of at least 4 members (excludes halogenated alkanes) is 1. The third-order valence-corrected chi connectivity index (χ3v) is 8.65. The lowest BCUT2D eigenvalue weighted by Crippen LogP contribution is -2.41. The van der Waals surface area contributed by atoms with Crippen molar-refractivity contribution in [2.45, 2.75) is 68.9 Å². The van der Waals surface area contributed by atoms with E-state index in [1.165, 1.54) is 19.4 Å². The molecular formula is C34H41IN4O4. The number of oxazole rings is 1. The van der Waals surface area contributed by atoms with Gasteiger partial charge in [0.05, 0.1) is 0 Å². The molecule has 1 fully saturated rings. The number of likely N-dealkylation sites (tertiary alicyclic amines) is 1. The molecule has 1 aromatic heterocycles. The zero-order valence-electron chi connectivity index (χ0n) is 25.1. The second-order valence-corrected chi connectivity index (χ2v) is 13.1. The first kappa shape index (κ1) is 31.1. The number of ether oxygens (including phenoxy) is 2. The number of nitrogens with one attached hydrogen (secondary N) is 2. The summed E-state index contributed by atoms with van der Waals surface area (Å²) in [5.74, 6) is 2.75. The van der Waals surface area contributed by atoms with E-state index in [0.717, 1.165) is 49.2 Å². The van der Waals surface area contributed by atoms with Crippen molar-refractivity contribution in [2.24, 2.45) is 0 Å². The number of nitrogens with zero attached hydrogens (tertiary/aromatic N) is 2. The highest BCUT2D eigenvalue weighted by Gasteiger charge is 2.21. The summed E-state index contributed by atoms with van der Waals surface area (Å²) in [7, 11) is 0. The first-order valence-electron chi connectivity index (χ1n) is 15.3. The van der Waals surface area contributed by atoms with E-state index in [0.29, 0.717) is 32.6 Å². The Balaban J connectivity index is 1.15. The molecule has 1 aliphatic heterocycles. The van der Waals surface area contributed by atoms with E-state index >= 15 is 0 Å². The number of amides is 2. The number of aromatic nitrogens is 1. The van der Waals surface area contributed by atoms with Gasteiger partial charge in [0.25, 0.3) is 0 Å². The Labute approximate surface area is 267 Å². The molecule has 1 saturated heterocycles. The molecule has 5 rings (SSSR count). The molecule has 0 saturated carbocycles. The Morgan fingerprint density at radius 3 is 2.35 bits per heavy atom. The molecule has 0 spiro atoms. The van der Waals surface area contributed by atoms with E-state index in [2.05, 4.69) is 63.9 Å². The first-order valence-corrected chi connectivity index (χ1v) is 16.5. The Bertz CT molecular complexity index is 1460. The molecule has 2 atom stereocenters. The molecule has 3 aromatic carbocycles. The smallest absolute Gasteiger partial charge is 0.319 e.